The van der Waals surface area contributed by atoms with Gasteiger partial charge in [0.2, 0.25) is 0 Å². The molecule has 0 aromatic carbocycles. The summed E-state index contributed by atoms with van der Waals surface area (Å²) in [6.45, 7) is 9.64. The predicted octanol–water partition coefficient (Wildman–Crippen LogP) is 1.92. The molecule has 0 aliphatic carbocycles. The third kappa shape index (κ3) is 5.35. The molecule has 3 fully saturated rings. The first-order valence-electron chi connectivity index (χ1n) is 10.2. The zero-order valence-electron chi connectivity index (χ0n) is 16.4. The highest BCUT2D eigenvalue weighted by Gasteiger charge is 2.38. The average Bonchev–Trinajstić information content (AvgIpc) is 2.94. The van der Waals surface area contributed by atoms with Crippen molar-refractivity contribution in [3.05, 3.63) is 0 Å². The van der Waals surface area contributed by atoms with Crippen LogP contribution >= 0.6 is 0 Å². The van der Waals surface area contributed by atoms with Crippen LogP contribution in [-0.4, -0.2) is 70.2 Å². The lowest BCUT2D eigenvalue weighted by atomic mass is 9.76. The molecule has 3 saturated heterocycles. The number of ether oxygens (including phenoxy) is 1. The summed E-state index contributed by atoms with van der Waals surface area (Å²) in [6.07, 6.45) is 5.57. The van der Waals surface area contributed by atoms with E-state index in [4.69, 9.17) is 9.73 Å². The van der Waals surface area contributed by atoms with Crippen LogP contribution in [0.4, 0.5) is 0 Å². The summed E-state index contributed by atoms with van der Waals surface area (Å²) >= 11 is 0. The van der Waals surface area contributed by atoms with Crippen LogP contribution in [0.25, 0.3) is 0 Å². The van der Waals surface area contributed by atoms with Crippen LogP contribution in [0.5, 0.6) is 0 Å². The molecule has 0 radical (unpaired) electrons. The minimum absolute atomic E-state index is 0.209. The van der Waals surface area contributed by atoms with Gasteiger partial charge in [0.25, 0.3) is 0 Å². The summed E-state index contributed by atoms with van der Waals surface area (Å²) in [7, 11) is -2.83. The number of hydrogen-bond acceptors (Lipinski definition) is 4. The maximum Gasteiger partial charge on any atom is 0.193 e. The zero-order chi connectivity index (χ0) is 18.6. The first-order valence-corrected chi connectivity index (χ1v) is 12.0. The number of guanidine groups is 1. The van der Waals surface area contributed by atoms with Gasteiger partial charge in [-0.25, -0.2) is 8.42 Å². The number of hydrogen-bond donors (Lipinski definition) is 1. The van der Waals surface area contributed by atoms with E-state index in [1.165, 1.54) is 19.3 Å². The monoisotopic (exact) mass is 385 g/mol. The second-order valence-corrected chi connectivity index (χ2v) is 11.1. The molecular formula is C19H35N3O3S. The Hall–Kier alpha value is -0.820. The molecule has 3 rings (SSSR count). The van der Waals surface area contributed by atoms with Gasteiger partial charge in [0.05, 0.1) is 18.1 Å². The smallest absolute Gasteiger partial charge is 0.193 e. The van der Waals surface area contributed by atoms with Gasteiger partial charge in [-0.3, -0.25) is 4.99 Å². The lowest BCUT2D eigenvalue weighted by Gasteiger charge is -2.46. The Labute approximate surface area is 158 Å². The van der Waals surface area contributed by atoms with Crippen LogP contribution in [0.15, 0.2) is 4.99 Å². The Morgan fingerprint density at radius 1 is 1.35 bits per heavy atom. The Morgan fingerprint density at radius 3 is 2.81 bits per heavy atom. The predicted molar refractivity (Wildman–Crippen MR) is 105 cm³/mol. The number of sulfone groups is 1. The quantitative estimate of drug-likeness (QED) is 0.591. The molecule has 7 heteroatoms. The zero-order valence-corrected chi connectivity index (χ0v) is 17.2. The highest BCUT2D eigenvalue weighted by molar-refractivity contribution is 7.91. The topological polar surface area (TPSA) is 71.0 Å². The van der Waals surface area contributed by atoms with Crippen molar-refractivity contribution in [3.8, 4) is 0 Å². The Morgan fingerprint density at radius 2 is 2.15 bits per heavy atom. The van der Waals surface area contributed by atoms with Gasteiger partial charge in [-0.15, -0.1) is 0 Å². The van der Waals surface area contributed by atoms with E-state index in [-0.39, 0.29) is 11.3 Å². The van der Waals surface area contributed by atoms with Gasteiger partial charge in [-0.1, -0.05) is 13.8 Å². The van der Waals surface area contributed by atoms with Gasteiger partial charge in [0.15, 0.2) is 15.8 Å². The third-order valence-electron chi connectivity index (χ3n) is 5.85. The summed E-state index contributed by atoms with van der Waals surface area (Å²) in [5.41, 5.74) is 0.271. The van der Waals surface area contributed by atoms with E-state index in [9.17, 15) is 8.42 Å². The second kappa shape index (κ2) is 8.46. The number of nitrogens with one attached hydrogen (secondary N) is 1. The molecule has 0 bridgehead atoms. The van der Waals surface area contributed by atoms with E-state index in [0.717, 1.165) is 51.6 Å². The van der Waals surface area contributed by atoms with Crippen LogP contribution in [0.1, 0.15) is 46.0 Å². The van der Waals surface area contributed by atoms with Crippen molar-refractivity contribution >= 4 is 15.8 Å². The largest absolute Gasteiger partial charge is 0.381 e. The van der Waals surface area contributed by atoms with Gasteiger partial charge >= 0.3 is 0 Å². The molecule has 0 aromatic rings. The fourth-order valence-corrected chi connectivity index (χ4v) is 6.29. The number of likely N-dealkylation sites (tertiary alicyclic amines) is 1. The van der Waals surface area contributed by atoms with E-state index in [0.29, 0.717) is 24.0 Å². The fourth-order valence-electron chi connectivity index (χ4n) is 4.43. The Kier molecular flexibility index (Phi) is 6.49. The minimum atomic E-state index is -2.83. The first kappa shape index (κ1) is 19.9. The molecule has 2 unspecified atom stereocenters. The van der Waals surface area contributed by atoms with Crippen molar-refractivity contribution in [1.82, 2.24) is 10.2 Å². The summed E-state index contributed by atoms with van der Waals surface area (Å²) in [5.74, 6) is 2.33. The van der Waals surface area contributed by atoms with Gasteiger partial charge in [-0.05, 0) is 43.9 Å². The number of rotatable bonds is 4. The average molecular weight is 386 g/mol. The second-order valence-electron chi connectivity index (χ2n) is 8.89. The van der Waals surface area contributed by atoms with E-state index in [2.05, 4.69) is 24.1 Å². The third-order valence-corrected chi connectivity index (χ3v) is 7.68. The molecule has 3 heterocycles. The van der Waals surface area contributed by atoms with Crippen LogP contribution < -0.4 is 5.32 Å². The molecule has 1 N–H and O–H groups in total. The van der Waals surface area contributed by atoms with Crippen LogP contribution in [0, 0.1) is 17.3 Å². The highest BCUT2D eigenvalue weighted by atomic mass is 32.2. The lowest BCUT2D eigenvalue weighted by molar-refractivity contribution is -0.0370. The fraction of sp³-hybridized carbons (Fsp3) is 0.947. The molecule has 2 atom stereocenters. The lowest BCUT2D eigenvalue weighted by Crippen LogP contribution is -2.53. The molecule has 3 aliphatic rings. The van der Waals surface area contributed by atoms with Gasteiger partial charge < -0.3 is 15.0 Å². The molecule has 1 spiro atoms. The minimum Gasteiger partial charge on any atom is -0.381 e. The van der Waals surface area contributed by atoms with Gasteiger partial charge in [0, 0.05) is 38.2 Å². The first-order chi connectivity index (χ1) is 12.4. The molecule has 0 aromatic heterocycles. The summed E-state index contributed by atoms with van der Waals surface area (Å²) < 4.78 is 29.2. The van der Waals surface area contributed by atoms with E-state index < -0.39 is 9.84 Å². The van der Waals surface area contributed by atoms with Crippen molar-refractivity contribution in [1.29, 1.82) is 0 Å². The van der Waals surface area contributed by atoms with Gasteiger partial charge in [-0.2, -0.15) is 0 Å². The summed E-state index contributed by atoms with van der Waals surface area (Å²) in [5, 5.41) is 3.52. The van der Waals surface area contributed by atoms with E-state index in [1.807, 2.05) is 0 Å². The maximum absolute atomic E-state index is 11.7. The molecule has 150 valence electrons. The van der Waals surface area contributed by atoms with Crippen molar-refractivity contribution in [2.75, 3.05) is 50.9 Å². The SMILES string of the molecule is CC(C)CN=C(NCC1CCS(=O)(=O)C1)N1CCCC2(CCCOC2)C1. The van der Waals surface area contributed by atoms with Crippen molar-refractivity contribution in [2.24, 2.45) is 22.2 Å². The summed E-state index contributed by atoms with van der Waals surface area (Å²) in [6, 6.07) is 0. The Balaban J connectivity index is 1.64. The maximum atomic E-state index is 11.7. The normalized spacial score (nSPS) is 32.3. The number of aliphatic imine (C=N–C) groups is 1. The van der Waals surface area contributed by atoms with Crippen LogP contribution in [0.2, 0.25) is 0 Å². The molecule has 0 saturated carbocycles. The van der Waals surface area contributed by atoms with Crippen molar-refractivity contribution < 1.29 is 13.2 Å². The molecule has 26 heavy (non-hydrogen) atoms. The molecular weight excluding hydrogens is 350 g/mol. The van der Waals surface area contributed by atoms with Gasteiger partial charge in [0.1, 0.15) is 0 Å². The standard InChI is InChI=1S/C19H35N3O3S/c1-16(2)11-20-18(21-12-17-5-10-26(23,24)13-17)22-8-3-6-19(14-22)7-4-9-25-15-19/h16-17H,3-15H2,1-2H3,(H,20,21). The van der Waals surface area contributed by atoms with E-state index >= 15 is 0 Å². The van der Waals surface area contributed by atoms with Crippen molar-refractivity contribution in [3.63, 3.8) is 0 Å². The summed E-state index contributed by atoms with van der Waals surface area (Å²) in [4.78, 5) is 7.26. The van der Waals surface area contributed by atoms with Crippen molar-refractivity contribution in [2.45, 2.75) is 46.0 Å². The van der Waals surface area contributed by atoms with Crippen LogP contribution in [0.3, 0.4) is 0 Å². The Bertz CT molecular complexity index is 592. The van der Waals surface area contributed by atoms with E-state index in [1.54, 1.807) is 0 Å². The molecule has 3 aliphatic heterocycles. The molecule has 0 amide bonds. The number of nitrogens with zero attached hydrogens (tertiary/aromatic N) is 2. The molecule has 6 nitrogen and oxygen atoms in total. The highest BCUT2D eigenvalue weighted by Crippen LogP contribution is 2.37. The number of piperidine rings is 1. The van der Waals surface area contributed by atoms with Crippen LogP contribution in [-0.2, 0) is 14.6 Å².